The Hall–Kier alpha value is -1.16. The average Bonchev–Trinajstić information content (AvgIpc) is 2.26. The van der Waals surface area contributed by atoms with Gasteiger partial charge in [0.2, 0.25) is 0 Å². The smallest absolute Gasteiger partial charge is 0.317 e. The van der Waals surface area contributed by atoms with Gasteiger partial charge in [-0.1, -0.05) is 6.42 Å². The van der Waals surface area contributed by atoms with E-state index in [1.54, 1.807) is 16.8 Å². The molecule has 0 saturated heterocycles. The van der Waals surface area contributed by atoms with Gasteiger partial charge < -0.3 is 5.32 Å². The third kappa shape index (κ3) is 4.25. The lowest BCUT2D eigenvalue weighted by Gasteiger charge is -2.09. The highest BCUT2D eigenvalue weighted by molar-refractivity contribution is 4.80. The van der Waals surface area contributed by atoms with Crippen LogP contribution in [0.2, 0.25) is 0 Å². The van der Waals surface area contributed by atoms with Crippen LogP contribution in [0, 0.1) is 0 Å². The van der Waals surface area contributed by atoms with Crippen LogP contribution in [0.1, 0.15) is 26.2 Å². The van der Waals surface area contributed by atoms with Crippen LogP contribution in [0.15, 0.2) is 23.3 Å². The lowest BCUT2D eigenvalue weighted by Crippen LogP contribution is -2.23. The molecule has 0 bridgehead atoms. The highest BCUT2D eigenvalue weighted by Crippen LogP contribution is 2.00. The molecule has 1 N–H and O–H groups in total. The lowest BCUT2D eigenvalue weighted by atomic mass is 10.1. The SMILES string of the molecule is CNC(C)CCCCn1cccnc1=O. The minimum Gasteiger partial charge on any atom is -0.317 e. The third-order valence-electron chi connectivity index (χ3n) is 2.56. The normalized spacial score (nSPS) is 12.7. The van der Waals surface area contributed by atoms with Crippen LogP contribution in [0.3, 0.4) is 0 Å². The van der Waals surface area contributed by atoms with Gasteiger partial charge in [0.25, 0.3) is 0 Å². The van der Waals surface area contributed by atoms with Crippen LogP contribution >= 0.6 is 0 Å². The molecule has 0 aliphatic carbocycles. The third-order valence-corrected chi connectivity index (χ3v) is 2.56. The van der Waals surface area contributed by atoms with Gasteiger partial charge in [-0.3, -0.25) is 4.57 Å². The highest BCUT2D eigenvalue weighted by Gasteiger charge is 1.98. The topological polar surface area (TPSA) is 46.9 Å². The Morgan fingerprint density at radius 2 is 2.33 bits per heavy atom. The lowest BCUT2D eigenvalue weighted by molar-refractivity contribution is 0.498. The largest absolute Gasteiger partial charge is 0.347 e. The summed E-state index contributed by atoms with van der Waals surface area (Å²) < 4.78 is 1.66. The van der Waals surface area contributed by atoms with Crippen molar-refractivity contribution in [3.8, 4) is 0 Å². The summed E-state index contributed by atoms with van der Waals surface area (Å²) in [7, 11) is 1.97. The summed E-state index contributed by atoms with van der Waals surface area (Å²) in [5.74, 6) is 0. The van der Waals surface area contributed by atoms with Gasteiger partial charge in [0.1, 0.15) is 0 Å². The van der Waals surface area contributed by atoms with Crippen molar-refractivity contribution in [2.45, 2.75) is 38.8 Å². The molecule has 84 valence electrons. The van der Waals surface area contributed by atoms with Crippen molar-refractivity contribution in [1.82, 2.24) is 14.9 Å². The zero-order valence-corrected chi connectivity index (χ0v) is 9.44. The van der Waals surface area contributed by atoms with Crippen LogP contribution in [-0.4, -0.2) is 22.6 Å². The molecule has 0 spiro atoms. The van der Waals surface area contributed by atoms with Gasteiger partial charge in [-0.25, -0.2) is 9.78 Å². The average molecular weight is 209 g/mol. The van der Waals surface area contributed by atoms with E-state index in [1.807, 2.05) is 7.05 Å². The molecular formula is C11H19N3O. The van der Waals surface area contributed by atoms with Gasteiger partial charge in [0, 0.05) is 25.0 Å². The molecule has 0 amide bonds. The minimum absolute atomic E-state index is 0.154. The van der Waals surface area contributed by atoms with Crippen molar-refractivity contribution in [3.05, 3.63) is 28.9 Å². The van der Waals surface area contributed by atoms with Crippen LogP contribution < -0.4 is 11.0 Å². The maximum Gasteiger partial charge on any atom is 0.347 e. The van der Waals surface area contributed by atoms with Crippen molar-refractivity contribution in [1.29, 1.82) is 0 Å². The molecule has 0 aromatic carbocycles. The first-order chi connectivity index (χ1) is 7.24. The summed E-state index contributed by atoms with van der Waals surface area (Å²) in [6.07, 6.45) is 6.62. The Balaban J connectivity index is 2.26. The predicted molar refractivity (Wildman–Crippen MR) is 60.9 cm³/mol. The maximum absolute atomic E-state index is 11.2. The van der Waals surface area contributed by atoms with E-state index in [1.165, 1.54) is 6.20 Å². The maximum atomic E-state index is 11.2. The minimum atomic E-state index is -0.154. The zero-order valence-electron chi connectivity index (χ0n) is 9.44. The number of nitrogens with one attached hydrogen (secondary N) is 1. The van der Waals surface area contributed by atoms with Gasteiger partial charge in [0.05, 0.1) is 0 Å². The van der Waals surface area contributed by atoms with Crippen LogP contribution in [0.25, 0.3) is 0 Å². The second-order valence-corrected chi connectivity index (χ2v) is 3.78. The Morgan fingerprint density at radius 3 is 3.00 bits per heavy atom. The van der Waals surface area contributed by atoms with Crippen molar-refractivity contribution >= 4 is 0 Å². The second kappa shape index (κ2) is 6.35. The summed E-state index contributed by atoms with van der Waals surface area (Å²) in [5.41, 5.74) is -0.154. The molecule has 1 unspecified atom stereocenters. The fourth-order valence-electron chi connectivity index (χ4n) is 1.43. The molecule has 4 nitrogen and oxygen atoms in total. The molecule has 4 heteroatoms. The molecule has 1 rings (SSSR count). The van der Waals surface area contributed by atoms with E-state index in [4.69, 9.17) is 0 Å². The van der Waals surface area contributed by atoms with Gasteiger partial charge in [-0.2, -0.15) is 0 Å². The summed E-state index contributed by atoms with van der Waals surface area (Å²) in [5, 5.41) is 3.19. The van der Waals surface area contributed by atoms with E-state index in [-0.39, 0.29) is 5.69 Å². The van der Waals surface area contributed by atoms with Crippen molar-refractivity contribution < 1.29 is 0 Å². The van der Waals surface area contributed by atoms with Crippen molar-refractivity contribution in [2.75, 3.05) is 7.05 Å². The van der Waals surface area contributed by atoms with Gasteiger partial charge in [-0.05, 0) is 32.9 Å². The Bertz CT molecular complexity index is 335. The van der Waals surface area contributed by atoms with E-state index < -0.39 is 0 Å². The number of aromatic nitrogens is 2. The van der Waals surface area contributed by atoms with E-state index in [9.17, 15) is 4.79 Å². The van der Waals surface area contributed by atoms with E-state index in [0.29, 0.717) is 6.04 Å². The molecule has 1 aromatic heterocycles. The fraction of sp³-hybridized carbons (Fsp3) is 0.636. The standard InChI is InChI=1S/C11H19N3O/c1-10(12-2)6-3-4-8-14-9-5-7-13-11(14)15/h5,7,9-10,12H,3-4,6,8H2,1-2H3. The number of hydrogen-bond acceptors (Lipinski definition) is 3. The molecule has 1 atom stereocenters. The monoisotopic (exact) mass is 209 g/mol. The summed E-state index contributed by atoms with van der Waals surface area (Å²) in [6, 6.07) is 2.34. The molecule has 1 heterocycles. The van der Waals surface area contributed by atoms with Crippen LogP contribution in [0.4, 0.5) is 0 Å². The number of aryl methyl sites for hydroxylation is 1. The Morgan fingerprint density at radius 1 is 1.53 bits per heavy atom. The first-order valence-corrected chi connectivity index (χ1v) is 5.42. The molecular weight excluding hydrogens is 190 g/mol. The second-order valence-electron chi connectivity index (χ2n) is 3.78. The molecule has 1 aromatic rings. The van der Waals surface area contributed by atoms with Gasteiger partial charge >= 0.3 is 5.69 Å². The zero-order chi connectivity index (χ0) is 11.1. The summed E-state index contributed by atoms with van der Waals surface area (Å²) in [6.45, 7) is 2.93. The van der Waals surface area contributed by atoms with Crippen molar-refractivity contribution in [3.63, 3.8) is 0 Å². The Labute approximate surface area is 90.3 Å². The van der Waals surface area contributed by atoms with Crippen LogP contribution in [0.5, 0.6) is 0 Å². The molecule has 0 aliphatic heterocycles. The number of nitrogens with zero attached hydrogens (tertiary/aromatic N) is 2. The van der Waals surface area contributed by atoms with E-state index >= 15 is 0 Å². The fourth-order valence-corrected chi connectivity index (χ4v) is 1.43. The van der Waals surface area contributed by atoms with E-state index in [0.717, 1.165) is 25.8 Å². The van der Waals surface area contributed by atoms with Gasteiger partial charge in [0.15, 0.2) is 0 Å². The molecule has 0 fully saturated rings. The number of unbranched alkanes of at least 4 members (excludes halogenated alkanes) is 1. The van der Waals surface area contributed by atoms with Crippen LogP contribution in [-0.2, 0) is 6.54 Å². The van der Waals surface area contributed by atoms with Crippen molar-refractivity contribution in [2.24, 2.45) is 0 Å². The number of hydrogen-bond donors (Lipinski definition) is 1. The predicted octanol–water partition coefficient (Wildman–Crippen LogP) is 1.02. The first-order valence-electron chi connectivity index (χ1n) is 5.42. The summed E-state index contributed by atoms with van der Waals surface area (Å²) in [4.78, 5) is 14.9. The number of rotatable bonds is 6. The highest BCUT2D eigenvalue weighted by atomic mass is 16.1. The molecule has 15 heavy (non-hydrogen) atoms. The molecule has 0 radical (unpaired) electrons. The first kappa shape index (κ1) is 11.9. The van der Waals surface area contributed by atoms with E-state index in [2.05, 4.69) is 17.2 Å². The Kier molecular flexibility index (Phi) is 5.04. The van der Waals surface area contributed by atoms with Gasteiger partial charge in [-0.15, -0.1) is 0 Å². The molecule has 0 saturated carbocycles. The molecule has 0 aliphatic rings. The summed E-state index contributed by atoms with van der Waals surface area (Å²) >= 11 is 0. The quantitative estimate of drug-likeness (QED) is 0.712.